The standard InChI is InChI=1S/C24H26N4O5S/c29-19(12-16-4-6-21-18(11-16)14-25-26-21)15-28-9-2-1-3-22(24(28)30)27-34(31,32)20-5-7-23-17(13-20)8-10-33-23/h4-7,11,13-14,22,27H,1-3,8-10,12,15H2,(H,25,26)/t22-/m0/s1. The number of fused-ring (bicyclic) bond motifs is 2. The van der Waals surface area contributed by atoms with Crippen molar-refractivity contribution in [3.8, 4) is 5.75 Å². The van der Waals surface area contributed by atoms with Gasteiger partial charge in [0.25, 0.3) is 0 Å². The summed E-state index contributed by atoms with van der Waals surface area (Å²) >= 11 is 0. The molecule has 2 aromatic carbocycles. The number of ketones is 1. The number of rotatable bonds is 7. The Balaban J connectivity index is 1.26. The monoisotopic (exact) mass is 482 g/mol. The first-order chi connectivity index (χ1) is 16.4. The van der Waals surface area contributed by atoms with E-state index in [1.54, 1.807) is 18.3 Å². The van der Waals surface area contributed by atoms with E-state index in [2.05, 4.69) is 14.9 Å². The van der Waals surface area contributed by atoms with Crippen molar-refractivity contribution in [2.24, 2.45) is 0 Å². The van der Waals surface area contributed by atoms with Crippen molar-refractivity contribution >= 4 is 32.6 Å². The largest absolute Gasteiger partial charge is 0.493 e. The molecule has 2 N–H and O–H groups in total. The number of sulfonamides is 1. The highest BCUT2D eigenvalue weighted by molar-refractivity contribution is 7.89. The number of amides is 1. The Bertz CT molecular complexity index is 1350. The van der Waals surface area contributed by atoms with Crippen molar-refractivity contribution < 1.29 is 22.7 Å². The topological polar surface area (TPSA) is 121 Å². The summed E-state index contributed by atoms with van der Waals surface area (Å²) in [5.41, 5.74) is 2.58. The highest BCUT2D eigenvalue weighted by Gasteiger charge is 2.32. The van der Waals surface area contributed by atoms with Crippen LogP contribution in [0.1, 0.15) is 30.4 Å². The molecule has 1 amide bonds. The number of aromatic amines is 1. The highest BCUT2D eigenvalue weighted by Crippen LogP contribution is 2.28. The lowest BCUT2D eigenvalue weighted by Gasteiger charge is -2.24. The van der Waals surface area contributed by atoms with E-state index in [9.17, 15) is 18.0 Å². The summed E-state index contributed by atoms with van der Waals surface area (Å²) in [6, 6.07) is 9.48. The van der Waals surface area contributed by atoms with Crippen LogP contribution in [0.15, 0.2) is 47.5 Å². The Morgan fingerprint density at radius 3 is 2.97 bits per heavy atom. The zero-order valence-electron chi connectivity index (χ0n) is 18.6. The second-order valence-corrected chi connectivity index (χ2v) is 10.5. The molecular weight excluding hydrogens is 456 g/mol. The van der Waals surface area contributed by atoms with Crippen LogP contribution in [0.5, 0.6) is 5.75 Å². The molecule has 1 aromatic heterocycles. The molecule has 9 nitrogen and oxygen atoms in total. The second kappa shape index (κ2) is 9.19. The molecule has 3 heterocycles. The minimum absolute atomic E-state index is 0.0450. The number of aromatic nitrogens is 2. The molecule has 1 fully saturated rings. The van der Waals surface area contributed by atoms with Crippen LogP contribution in [0, 0.1) is 0 Å². The van der Waals surface area contributed by atoms with Crippen molar-refractivity contribution in [2.45, 2.75) is 43.0 Å². The fraction of sp³-hybridized carbons (Fsp3) is 0.375. The Hall–Kier alpha value is -3.24. The van der Waals surface area contributed by atoms with Crippen LogP contribution in [-0.4, -0.2) is 60.9 Å². The summed E-state index contributed by atoms with van der Waals surface area (Å²) in [5, 5.41) is 7.78. The molecule has 0 spiro atoms. The van der Waals surface area contributed by atoms with Gasteiger partial charge in [0, 0.05) is 24.8 Å². The molecule has 178 valence electrons. The van der Waals surface area contributed by atoms with E-state index >= 15 is 0 Å². The van der Waals surface area contributed by atoms with Crippen LogP contribution in [0.2, 0.25) is 0 Å². The maximum atomic E-state index is 13.2. The van der Waals surface area contributed by atoms with Crippen LogP contribution < -0.4 is 9.46 Å². The Kier molecular flexibility index (Phi) is 6.09. The molecule has 5 rings (SSSR count). The van der Waals surface area contributed by atoms with Crippen LogP contribution in [0.3, 0.4) is 0 Å². The number of Topliss-reactive ketones (excluding diaryl/α,β-unsaturated/α-hetero) is 1. The minimum Gasteiger partial charge on any atom is -0.493 e. The van der Waals surface area contributed by atoms with Gasteiger partial charge in [-0.25, -0.2) is 8.42 Å². The predicted molar refractivity (Wildman–Crippen MR) is 125 cm³/mol. The smallest absolute Gasteiger partial charge is 0.241 e. The number of carbonyl (C=O) groups excluding carboxylic acids is 2. The summed E-state index contributed by atoms with van der Waals surface area (Å²) in [6.45, 7) is 0.919. The summed E-state index contributed by atoms with van der Waals surface area (Å²) in [6.07, 6.45) is 4.36. The van der Waals surface area contributed by atoms with Gasteiger partial charge in [-0.2, -0.15) is 9.82 Å². The van der Waals surface area contributed by atoms with Gasteiger partial charge in [0.15, 0.2) is 5.78 Å². The first-order valence-electron chi connectivity index (χ1n) is 11.4. The second-order valence-electron chi connectivity index (χ2n) is 8.80. The van der Waals surface area contributed by atoms with Gasteiger partial charge in [0.05, 0.1) is 29.8 Å². The Labute approximate surface area is 197 Å². The van der Waals surface area contributed by atoms with Gasteiger partial charge in [-0.3, -0.25) is 14.7 Å². The number of H-pyrrole nitrogens is 1. The van der Waals surface area contributed by atoms with Crippen LogP contribution >= 0.6 is 0 Å². The quantitative estimate of drug-likeness (QED) is 0.531. The first-order valence-corrected chi connectivity index (χ1v) is 12.9. The van der Waals surface area contributed by atoms with E-state index in [0.29, 0.717) is 44.6 Å². The number of benzene rings is 2. The van der Waals surface area contributed by atoms with Crippen molar-refractivity contribution in [1.29, 1.82) is 0 Å². The van der Waals surface area contributed by atoms with Gasteiger partial charge >= 0.3 is 0 Å². The van der Waals surface area contributed by atoms with Crippen LogP contribution in [0.4, 0.5) is 0 Å². The normalized spacial score (nSPS) is 18.5. The molecule has 3 aromatic rings. The molecule has 10 heteroatoms. The zero-order valence-corrected chi connectivity index (χ0v) is 19.4. The van der Waals surface area contributed by atoms with Gasteiger partial charge in [-0.1, -0.05) is 6.07 Å². The summed E-state index contributed by atoms with van der Waals surface area (Å²) in [7, 11) is -3.89. The number of ether oxygens (including phenoxy) is 1. The third kappa shape index (κ3) is 4.69. The Morgan fingerprint density at radius 1 is 1.21 bits per heavy atom. The van der Waals surface area contributed by atoms with Crippen LogP contribution in [-0.2, 0) is 32.5 Å². The lowest BCUT2D eigenvalue weighted by Crippen LogP contribution is -2.48. The lowest BCUT2D eigenvalue weighted by atomic mass is 10.1. The average Bonchev–Trinajstić information content (AvgIpc) is 3.44. The number of hydrogen-bond acceptors (Lipinski definition) is 6. The number of nitrogens with zero attached hydrogens (tertiary/aromatic N) is 2. The van der Waals surface area contributed by atoms with Gasteiger partial charge in [0.2, 0.25) is 15.9 Å². The van der Waals surface area contributed by atoms with E-state index < -0.39 is 16.1 Å². The summed E-state index contributed by atoms with van der Waals surface area (Å²) < 4.78 is 34.1. The molecule has 0 unspecified atom stereocenters. The molecule has 0 aliphatic carbocycles. The van der Waals surface area contributed by atoms with E-state index in [-0.39, 0.29) is 29.6 Å². The third-order valence-corrected chi connectivity index (χ3v) is 7.79. The molecule has 0 radical (unpaired) electrons. The molecule has 2 aliphatic rings. The lowest BCUT2D eigenvalue weighted by molar-refractivity contribution is -0.136. The number of hydrogen-bond donors (Lipinski definition) is 2. The fourth-order valence-corrected chi connectivity index (χ4v) is 5.83. The number of carbonyl (C=O) groups is 2. The maximum absolute atomic E-state index is 13.2. The minimum atomic E-state index is -3.89. The summed E-state index contributed by atoms with van der Waals surface area (Å²) in [5.74, 6) is 0.239. The van der Waals surface area contributed by atoms with Crippen LogP contribution in [0.25, 0.3) is 10.9 Å². The van der Waals surface area contributed by atoms with Gasteiger partial charge < -0.3 is 9.64 Å². The number of likely N-dealkylation sites (tertiary alicyclic amines) is 1. The zero-order chi connectivity index (χ0) is 23.7. The molecule has 34 heavy (non-hydrogen) atoms. The summed E-state index contributed by atoms with van der Waals surface area (Å²) in [4.78, 5) is 27.5. The average molecular weight is 483 g/mol. The van der Waals surface area contributed by atoms with Gasteiger partial charge in [0.1, 0.15) is 11.8 Å². The highest BCUT2D eigenvalue weighted by atomic mass is 32.2. The molecule has 0 saturated carbocycles. The van der Waals surface area contributed by atoms with Crippen molar-refractivity contribution in [3.05, 3.63) is 53.7 Å². The third-order valence-electron chi connectivity index (χ3n) is 6.32. The van der Waals surface area contributed by atoms with Crippen molar-refractivity contribution in [1.82, 2.24) is 19.8 Å². The molecule has 1 saturated heterocycles. The van der Waals surface area contributed by atoms with Gasteiger partial charge in [-0.05, 0) is 60.7 Å². The predicted octanol–water partition coefficient (Wildman–Crippen LogP) is 1.97. The first kappa shape index (κ1) is 22.5. The van der Waals surface area contributed by atoms with E-state index in [0.717, 1.165) is 22.0 Å². The SMILES string of the molecule is O=C(Cc1ccc2[nH]ncc2c1)CN1CCCC[C@H](NS(=O)(=O)c2ccc3c(c2)CCO3)C1=O. The maximum Gasteiger partial charge on any atom is 0.241 e. The Morgan fingerprint density at radius 2 is 2.09 bits per heavy atom. The van der Waals surface area contributed by atoms with Crippen molar-refractivity contribution in [2.75, 3.05) is 19.7 Å². The molecule has 2 aliphatic heterocycles. The van der Waals surface area contributed by atoms with E-state index in [1.807, 2.05) is 18.2 Å². The number of nitrogens with one attached hydrogen (secondary N) is 2. The molecular formula is C24H26N4O5S. The van der Waals surface area contributed by atoms with E-state index in [1.165, 1.54) is 11.0 Å². The molecule has 1 atom stereocenters. The van der Waals surface area contributed by atoms with Gasteiger partial charge in [-0.15, -0.1) is 0 Å². The van der Waals surface area contributed by atoms with E-state index in [4.69, 9.17) is 4.74 Å². The fourth-order valence-electron chi connectivity index (χ4n) is 4.56. The molecule has 0 bridgehead atoms. The van der Waals surface area contributed by atoms with Crippen molar-refractivity contribution in [3.63, 3.8) is 0 Å².